The summed E-state index contributed by atoms with van der Waals surface area (Å²) in [5, 5.41) is 11.6. The first-order chi connectivity index (χ1) is 11.5. The monoisotopic (exact) mass is 322 g/mol. The summed E-state index contributed by atoms with van der Waals surface area (Å²) in [7, 11) is 1.69. The number of carbonyl (C=O) groups is 2. The second-order valence-corrected chi connectivity index (χ2v) is 5.55. The van der Waals surface area contributed by atoms with Gasteiger partial charge in [-0.2, -0.15) is 5.10 Å². The van der Waals surface area contributed by atoms with Gasteiger partial charge in [-0.1, -0.05) is 36.4 Å². The van der Waals surface area contributed by atoms with Crippen LogP contribution in [0.1, 0.15) is 16.2 Å². The van der Waals surface area contributed by atoms with Crippen molar-refractivity contribution in [2.24, 2.45) is 7.05 Å². The van der Waals surface area contributed by atoms with E-state index in [1.54, 1.807) is 13.1 Å². The van der Waals surface area contributed by atoms with Crippen molar-refractivity contribution in [1.82, 2.24) is 15.1 Å². The Hall–Kier alpha value is -3.15. The third-order valence-electron chi connectivity index (χ3n) is 3.71. The number of aryl methyl sites for hydroxylation is 2. The maximum Gasteiger partial charge on any atom is 0.269 e. The lowest BCUT2D eigenvalue weighted by Crippen LogP contribution is -2.33. The Bertz CT molecular complexity index is 909. The third kappa shape index (κ3) is 3.27. The van der Waals surface area contributed by atoms with Crippen LogP contribution in [0.3, 0.4) is 0 Å². The average Bonchev–Trinajstić information content (AvgIpc) is 2.91. The lowest BCUT2D eigenvalue weighted by molar-refractivity contribution is -0.115. The number of rotatable bonds is 4. The molecule has 6 nitrogen and oxygen atoms in total. The molecule has 1 heterocycles. The first-order valence-corrected chi connectivity index (χ1v) is 7.61. The minimum Gasteiger partial charge on any atom is -0.342 e. The highest BCUT2D eigenvalue weighted by molar-refractivity contribution is 6.04. The number of hydrogen-bond acceptors (Lipinski definition) is 3. The van der Waals surface area contributed by atoms with Crippen LogP contribution in [-0.4, -0.2) is 28.1 Å². The van der Waals surface area contributed by atoms with E-state index in [2.05, 4.69) is 15.7 Å². The van der Waals surface area contributed by atoms with E-state index >= 15 is 0 Å². The number of carbonyl (C=O) groups excluding carboxylic acids is 2. The normalized spacial score (nSPS) is 10.6. The molecule has 0 saturated heterocycles. The molecule has 0 atom stereocenters. The second kappa shape index (κ2) is 6.54. The summed E-state index contributed by atoms with van der Waals surface area (Å²) >= 11 is 0. The van der Waals surface area contributed by atoms with Gasteiger partial charge in [0.15, 0.2) is 0 Å². The van der Waals surface area contributed by atoms with Gasteiger partial charge in [-0.05, 0) is 24.4 Å². The lowest BCUT2D eigenvalue weighted by Gasteiger charge is -2.09. The van der Waals surface area contributed by atoms with Crippen molar-refractivity contribution in [3.05, 3.63) is 59.9 Å². The minimum atomic E-state index is -0.328. The summed E-state index contributed by atoms with van der Waals surface area (Å²) in [6, 6.07) is 15.2. The van der Waals surface area contributed by atoms with Crippen molar-refractivity contribution >= 4 is 28.3 Å². The van der Waals surface area contributed by atoms with Crippen molar-refractivity contribution in [2.75, 3.05) is 11.9 Å². The van der Waals surface area contributed by atoms with E-state index in [-0.39, 0.29) is 18.4 Å². The zero-order valence-corrected chi connectivity index (χ0v) is 13.5. The topological polar surface area (TPSA) is 76.0 Å². The number of benzene rings is 2. The number of aromatic nitrogens is 2. The van der Waals surface area contributed by atoms with Crippen LogP contribution in [0.5, 0.6) is 0 Å². The zero-order valence-electron chi connectivity index (χ0n) is 13.5. The van der Waals surface area contributed by atoms with Crippen LogP contribution in [0.25, 0.3) is 10.8 Å². The summed E-state index contributed by atoms with van der Waals surface area (Å²) in [6.45, 7) is 1.70. The molecular formula is C18H18N4O2. The number of hydrogen-bond donors (Lipinski definition) is 2. The van der Waals surface area contributed by atoms with Crippen molar-refractivity contribution < 1.29 is 9.59 Å². The maximum atomic E-state index is 12.1. The molecule has 0 radical (unpaired) electrons. The lowest BCUT2D eigenvalue weighted by atomic mass is 10.1. The Morgan fingerprint density at radius 1 is 1.12 bits per heavy atom. The summed E-state index contributed by atoms with van der Waals surface area (Å²) in [6.07, 6.45) is 0. The molecule has 0 saturated carbocycles. The van der Waals surface area contributed by atoms with Crippen LogP contribution in [0.2, 0.25) is 0 Å². The molecule has 1 aromatic heterocycles. The van der Waals surface area contributed by atoms with E-state index in [4.69, 9.17) is 0 Å². The maximum absolute atomic E-state index is 12.1. The smallest absolute Gasteiger partial charge is 0.269 e. The van der Waals surface area contributed by atoms with E-state index in [1.807, 2.05) is 49.4 Å². The van der Waals surface area contributed by atoms with Crippen molar-refractivity contribution in [3.63, 3.8) is 0 Å². The molecule has 3 rings (SSSR count). The molecule has 3 aromatic rings. The van der Waals surface area contributed by atoms with Crippen LogP contribution in [-0.2, 0) is 11.8 Å². The third-order valence-corrected chi connectivity index (χ3v) is 3.71. The van der Waals surface area contributed by atoms with Crippen LogP contribution in [0.15, 0.2) is 48.5 Å². The number of anilines is 1. The molecular weight excluding hydrogens is 304 g/mol. The first-order valence-electron chi connectivity index (χ1n) is 7.61. The van der Waals surface area contributed by atoms with Crippen LogP contribution in [0, 0.1) is 6.92 Å². The molecule has 2 amide bonds. The standard InChI is InChI=1S/C18H18N4O2/c1-12-10-16(22(2)21-12)18(24)19-11-17(23)20-15-9-5-7-13-6-3-4-8-14(13)15/h3-10H,11H2,1-2H3,(H,19,24)(H,20,23). The van der Waals surface area contributed by atoms with Gasteiger partial charge in [0.1, 0.15) is 5.69 Å². The Labute approximate surface area is 139 Å². The Balaban J connectivity index is 1.65. The van der Waals surface area contributed by atoms with Gasteiger partial charge in [0.2, 0.25) is 5.91 Å². The van der Waals surface area contributed by atoms with Gasteiger partial charge >= 0.3 is 0 Å². The minimum absolute atomic E-state index is 0.105. The van der Waals surface area contributed by atoms with E-state index in [1.165, 1.54) is 4.68 Å². The van der Waals surface area contributed by atoms with Gasteiger partial charge in [0.25, 0.3) is 5.91 Å². The average molecular weight is 322 g/mol. The SMILES string of the molecule is Cc1cc(C(=O)NCC(=O)Nc2cccc3ccccc23)n(C)n1. The summed E-state index contributed by atoms with van der Waals surface area (Å²) < 4.78 is 1.49. The molecule has 122 valence electrons. The molecule has 2 aromatic carbocycles. The molecule has 0 aliphatic heterocycles. The molecule has 0 bridgehead atoms. The largest absolute Gasteiger partial charge is 0.342 e. The zero-order chi connectivity index (χ0) is 17.1. The molecule has 0 spiro atoms. The van der Waals surface area contributed by atoms with Gasteiger partial charge in [-0.15, -0.1) is 0 Å². The van der Waals surface area contributed by atoms with Gasteiger partial charge in [-0.3, -0.25) is 14.3 Å². The van der Waals surface area contributed by atoms with Gasteiger partial charge in [0.05, 0.1) is 12.2 Å². The number of amides is 2. The Morgan fingerprint density at radius 3 is 2.62 bits per heavy atom. The van der Waals surface area contributed by atoms with E-state index in [9.17, 15) is 9.59 Å². The highest BCUT2D eigenvalue weighted by atomic mass is 16.2. The number of fused-ring (bicyclic) bond motifs is 1. The Kier molecular flexibility index (Phi) is 4.29. The molecule has 0 aliphatic carbocycles. The van der Waals surface area contributed by atoms with Gasteiger partial charge < -0.3 is 10.6 Å². The molecule has 24 heavy (non-hydrogen) atoms. The van der Waals surface area contributed by atoms with Gasteiger partial charge in [-0.25, -0.2) is 0 Å². The fraction of sp³-hybridized carbons (Fsp3) is 0.167. The summed E-state index contributed by atoms with van der Waals surface area (Å²) in [5.74, 6) is -0.607. The second-order valence-electron chi connectivity index (χ2n) is 5.55. The highest BCUT2D eigenvalue weighted by Gasteiger charge is 2.13. The highest BCUT2D eigenvalue weighted by Crippen LogP contribution is 2.22. The fourth-order valence-electron chi connectivity index (χ4n) is 2.60. The van der Waals surface area contributed by atoms with Crippen molar-refractivity contribution in [1.29, 1.82) is 0 Å². The van der Waals surface area contributed by atoms with Crippen LogP contribution < -0.4 is 10.6 Å². The van der Waals surface area contributed by atoms with Crippen molar-refractivity contribution in [2.45, 2.75) is 6.92 Å². The summed E-state index contributed by atoms with van der Waals surface area (Å²) in [5.41, 5.74) is 1.90. The van der Waals surface area contributed by atoms with E-state index in [0.717, 1.165) is 22.2 Å². The van der Waals surface area contributed by atoms with Crippen molar-refractivity contribution in [3.8, 4) is 0 Å². The van der Waals surface area contributed by atoms with E-state index in [0.29, 0.717) is 5.69 Å². The molecule has 0 aliphatic rings. The fourth-order valence-corrected chi connectivity index (χ4v) is 2.60. The molecule has 2 N–H and O–H groups in total. The molecule has 0 fully saturated rings. The number of nitrogens with one attached hydrogen (secondary N) is 2. The number of nitrogens with zero attached hydrogens (tertiary/aromatic N) is 2. The summed E-state index contributed by atoms with van der Waals surface area (Å²) in [4.78, 5) is 24.2. The van der Waals surface area contributed by atoms with Crippen LogP contribution in [0.4, 0.5) is 5.69 Å². The first kappa shape index (κ1) is 15.7. The predicted octanol–water partition coefficient (Wildman–Crippen LogP) is 2.25. The predicted molar refractivity (Wildman–Crippen MR) is 92.9 cm³/mol. The Morgan fingerprint density at radius 2 is 1.88 bits per heavy atom. The van der Waals surface area contributed by atoms with E-state index < -0.39 is 0 Å². The molecule has 6 heteroatoms. The quantitative estimate of drug-likeness (QED) is 0.773. The van der Waals surface area contributed by atoms with Gasteiger partial charge in [0, 0.05) is 18.1 Å². The van der Waals surface area contributed by atoms with Crippen LogP contribution >= 0.6 is 0 Å². The molecule has 0 unspecified atom stereocenters.